The molecule has 3 atom stereocenters. The first-order chi connectivity index (χ1) is 16.0. The molecule has 0 radical (unpaired) electrons. The van der Waals surface area contributed by atoms with Gasteiger partial charge in [0.05, 0.1) is 5.60 Å². The first-order valence-electron chi connectivity index (χ1n) is 13.0. The highest BCUT2D eigenvalue weighted by atomic mass is 35.5. The van der Waals surface area contributed by atoms with Crippen LogP contribution in [0.3, 0.4) is 0 Å². The summed E-state index contributed by atoms with van der Waals surface area (Å²) in [6.45, 7) is 3.61. The second-order valence-corrected chi connectivity index (χ2v) is 10.7. The Kier molecular flexibility index (Phi) is 10.9. The zero-order chi connectivity index (χ0) is 23.7. The fraction of sp³-hybridized carbons (Fsp3) is 0.778. The molecular formula is C27H44ClFN2O2. The lowest BCUT2D eigenvalue weighted by atomic mass is 9.73. The number of halogens is 2. The smallest absolute Gasteiger partial charge is 0.100 e. The summed E-state index contributed by atoms with van der Waals surface area (Å²) in [5.74, 6) is 0.768. The summed E-state index contributed by atoms with van der Waals surface area (Å²) in [6, 6.07) is 8.22. The molecule has 0 spiro atoms. The highest BCUT2D eigenvalue weighted by Gasteiger charge is 2.41. The van der Waals surface area contributed by atoms with Gasteiger partial charge in [0.2, 0.25) is 0 Å². The molecular weight excluding hydrogens is 439 g/mol. The number of likely N-dealkylation sites (N-methyl/N-ethyl adjacent to an activating group) is 1. The van der Waals surface area contributed by atoms with Crippen molar-refractivity contribution >= 4 is 11.6 Å². The zero-order valence-corrected chi connectivity index (χ0v) is 21.3. The van der Waals surface area contributed by atoms with Crippen molar-refractivity contribution < 1.29 is 14.2 Å². The van der Waals surface area contributed by atoms with Crippen LogP contribution in [0.4, 0.5) is 4.39 Å². The molecule has 1 aliphatic heterocycles. The number of alkyl halides is 1. The van der Waals surface area contributed by atoms with Gasteiger partial charge in [0.25, 0.3) is 0 Å². The van der Waals surface area contributed by atoms with Crippen LogP contribution in [0.25, 0.3) is 0 Å². The number of ether oxygens (including phenoxy) is 1. The van der Waals surface area contributed by atoms with Crippen molar-refractivity contribution in [3.05, 3.63) is 34.9 Å². The molecule has 2 fully saturated rings. The van der Waals surface area contributed by atoms with E-state index in [1.54, 1.807) is 7.11 Å². The minimum Gasteiger partial charge on any atom is -0.385 e. The van der Waals surface area contributed by atoms with Gasteiger partial charge in [0, 0.05) is 43.8 Å². The van der Waals surface area contributed by atoms with Crippen LogP contribution in [0.1, 0.15) is 69.8 Å². The lowest BCUT2D eigenvalue weighted by molar-refractivity contribution is -0.0691. The second-order valence-electron chi connectivity index (χ2n) is 10.3. The molecule has 188 valence electrons. The molecule has 33 heavy (non-hydrogen) atoms. The van der Waals surface area contributed by atoms with Crippen molar-refractivity contribution in [1.82, 2.24) is 10.2 Å². The molecule has 1 aromatic rings. The number of unbranched alkanes of at least 4 members (excludes halogenated alkanes) is 1. The Morgan fingerprint density at radius 1 is 1.24 bits per heavy atom. The number of rotatable bonds is 12. The quantitative estimate of drug-likeness (QED) is 0.383. The summed E-state index contributed by atoms with van der Waals surface area (Å²) < 4.78 is 18.9. The normalized spacial score (nSPS) is 27.2. The van der Waals surface area contributed by atoms with Crippen LogP contribution in [0.2, 0.25) is 5.02 Å². The number of piperidine rings is 1. The van der Waals surface area contributed by atoms with Crippen LogP contribution in [-0.4, -0.2) is 62.6 Å². The zero-order valence-electron chi connectivity index (χ0n) is 20.6. The molecule has 0 amide bonds. The number of aliphatic hydroxyl groups is 1. The molecule has 0 aromatic heterocycles. The molecule has 1 heterocycles. The van der Waals surface area contributed by atoms with E-state index in [1.165, 1.54) is 0 Å². The lowest BCUT2D eigenvalue weighted by Gasteiger charge is -2.46. The third-order valence-corrected chi connectivity index (χ3v) is 8.18. The van der Waals surface area contributed by atoms with Crippen LogP contribution in [0.15, 0.2) is 24.3 Å². The summed E-state index contributed by atoms with van der Waals surface area (Å²) in [5, 5.41) is 16.2. The Hall–Kier alpha value is -0.720. The summed E-state index contributed by atoms with van der Waals surface area (Å²) in [6.07, 6.45) is 8.63. The van der Waals surface area contributed by atoms with Gasteiger partial charge in [-0.05, 0) is 101 Å². The van der Waals surface area contributed by atoms with Crippen LogP contribution in [0, 0.1) is 11.8 Å². The first-order valence-corrected chi connectivity index (χ1v) is 13.3. The molecule has 4 nitrogen and oxygen atoms in total. The topological polar surface area (TPSA) is 44.7 Å². The van der Waals surface area contributed by atoms with E-state index in [0.717, 1.165) is 83.0 Å². The van der Waals surface area contributed by atoms with Crippen LogP contribution in [-0.2, 0) is 10.3 Å². The highest BCUT2D eigenvalue weighted by molar-refractivity contribution is 6.30. The maximum Gasteiger partial charge on any atom is 0.100 e. The Balaban J connectivity index is 1.73. The lowest BCUT2D eigenvalue weighted by Crippen LogP contribution is -2.52. The monoisotopic (exact) mass is 482 g/mol. The van der Waals surface area contributed by atoms with E-state index in [0.29, 0.717) is 30.0 Å². The van der Waals surface area contributed by atoms with Crippen molar-refractivity contribution in [2.75, 3.05) is 40.4 Å². The van der Waals surface area contributed by atoms with Crippen molar-refractivity contribution in [2.24, 2.45) is 11.8 Å². The summed E-state index contributed by atoms with van der Waals surface area (Å²) in [4.78, 5) is 2.59. The molecule has 6 heteroatoms. The van der Waals surface area contributed by atoms with Gasteiger partial charge in [-0.1, -0.05) is 23.7 Å². The predicted molar refractivity (Wildman–Crippen MR) is 135 cm³/mol. The van der Waals surface area contributed by atoms with Crippen LogP contribution >= 0.6 is 11.6 Å². The van der Waals surface area contributed by atoms with Gasteiger partial charge in [-0.2, -0.15) is 0 Å². The molecule has 2 aliphatic rings. The first kappa shape index (κ1) is 26.9. The van der Waals surface area contributed by atoms with Gasteiger partial charge in [-0.3, -0.25) is 4.90 Å². The summed E-state index contributed by atoms with van der Waals surface area (Å²) in [7, 11) is 3.75. The van der Waals surface area contributed by atoms with E-state index in [1.807, 2.05) is 31.3 Å². The minimum atomic E-state index is -0.895. The maximum absolute atomic E-state index is 13.7. The highest BCUT2D eigenvalue weighted by Crippen LogP contribution is 2.41. The average Bonchev–Trinajstić information content (AvgIpc) is 2.83. The second kappa shape index (κ2) is 13.4. The fourth-order valence-electron chi connectivity index (χ4n) is 6.05. The standard InChI is InChI=1S/C27H44ClFN2O2/c1-30-19-26(17-21-10-12-25(29)13-11-21)31-15-6-8-23(20-31)27(32,14-3-4-16-33-2)22-7-5-9-24(28)18-22/h5,7,9,18,21,23,25-26,30,32H,3-4,6,8,10-17,19-20H2,1-2H3. The van der Waals surface area contributed by atoms with E-state index in [-0.39, 0.29) is 5.92 Å². The largest absolute Gasteiger partial charge is 0.385 e. The van der Waals surface area contributed by atoms with Gasteiger partial charge < -0.3 is 15.2 Å². The van der Waals surface area contributed by atoms with Crippen molar-refractivity contribution in [3.8, 4) is 0 Å². The maximum atomic E-state index is 13.7. The van der Waals surface area contributed by atoms with Gasteiger partial charge in [-0.15, -0.1) is 0 Å². The Labute approximate surface area is 205 Å². The van der Waals surface area contributed by atoms with Crippen LogP contribution in [0.5, 0.6) is 0 Å². The predicted octanol–water partition coefficient (Wildman–Crippen LogP) is 5.56. The van der Waals surface area contributed by atoms with Crippen molar-refractivity contribution in [3.63, 3.8) is 0 Å². The van der Waals surface area contributed by atoms with Crippen molar-refractivity contribution in [2.45, 2.75) is 82.0 Å². The molecule has 3 rings (SSSR count). The number of nitrogens with zero attached hydrogens (tertiary/aromatic N) is 1. The van der Waals surface area contributed by atoms with Gasteiger partial charge in [-0.25, -0.2) is 4.39 Å². The van der Waals surface area contributed by atoms with Gasteiger partial charge in [0.15, 0.2) is 0 Å². The number of methoxy groups -OCH3 is 1. The molecule has 1 saturated carbocycles. The van der Waals surface area contributed by atoms with E-state index in [2.05, 4.69) is 10.2 Å². The molecule has 2 N–H and O–H groups in total. The summed E-state index contributed by atoms with van der Waals surface area (Å²) >= 11 is 6.34. The number of nitrogens with one attached hydrogen (secondary N) is 1. The van der Waals surface area contributed by atoms with Gasteiger partial charge in [0.1, 0.15) is 6.17 Å². The third kappa shape index (κ3) is 7.63. The number of benzene rings is 1. The number of hydrogen-bond donors (Lipinski definition) is 2. The number of hydrogen-bond acceptors (Lipinski definition) is 4. The molecule has 1 saturated heterocycles. The molecule has 0 bridgehead atoms. The number of likely N-dealkylation sites (tertiary alicyclic amines) is 1. The fourth-order valence-corrected chi connectivity index (χ4v) is 6.24. The van der Waals surface area contributed by atoms with E-state index >= 15 is 0 Å². The van der Waals surface area contributed by atoms with E-state index in [9.17, 15) is 9.50 Å². The molecule has 1 aliphatic carbocycles. The molecule has 3 unspecified atom stereocenters. The SMILES string of the molecule is CNCC(CC1CCC(F)CC1)N1CCCC(C(O)(CCCCOC)c2cccc(Cl)c2)C1. The minimum absolute atomic E-state index is 0.160. The molecule has 1 aromatic carbocycles. The van der Waals surface area contributed by atoms with E-state index in [4.69, 9.17) is 16.3 Å². The third-order valence-electron chi connectivity index (χ3n) is 7.95. The average molecular weight is 483 g/mol. The van der Waals surface area contributed by atoms with Crippen molar-refractivity contribution in [1.29, 1.82) is 0 Å². The Morgan fingerprint density at radius 2 is 2.03 bits per heavy atom. The Bertz CT molecular complexity index is 700. The summed E-state index contributed by atoms with van der Waals surface area (Å²) in [5.41, 5.74) is 0.0408. The van der Waals surface area contributed by atoms with Gasteiger partial charge >= 0.3 is 0 Å². The van der Waals surface area contributed by atoms with Crippen LogP contribution < -0.4 is 5.32 Å². The Morgan fingerprint density at radius 3 is 2.73 bits per heavy atom. The van der Waals surface area contributed by atoms with E-state index < -0.39 is 11.8 Å².